The molecular weight excluding hydrogens is 438 g/mol. The van der Waals surface area contributed by atoms with Crippen LogP contribution in [0.5, 0.6) is 5.75 Å². The molecule has 0 aliphatic rings. The maximum absolute atomic E-state index is 12.9. The Balaban J connectivity index is 1.48. The minimum Gasteiger partial charge on any atom is -0.485 e. The number of ether oxygens (including phenoxy) is 1. The summed E-state index contributed by atoms with van der Waals surface area (Å²) >= 11 is 6.29. The minimum atomic E-state index is -0.199. The molecule has 1 aromatic carbocycles. The van der Waals surface area contributed by atoms with Crippen molar-refractivity contribution in [2.45, 2.75) is 33.8 Å². The molecular formula is C25H24ClN5O2. The quantitative estimate of drug-likeness (QED) is 0.418. The number of anilines is 1. The van der Waals surface area contributed by atoms with Crippen molar-refractivity contribution in [3.63, 3.8) is 0 Å². The number of aromatic nitrogens is 4. The van der Waals surface area contributed by atoms with E-state index in [1.807, 2.05) is 55.8 Å². The fraction of sp³-hybridized carbons (Fsp3) is 0.200. The molecule has 3 heterocycles. The van der Waals surface area contributed by atoms with Crippen molar-refractivity contribution < 1.29 is 9.53 Å². The summed E-state index contributed by atoms with van der Waals surface area (Å²) in [5, 5.41) is 8.17. The zero-order valence-electron chi connectivity index (χ0n) is 18.7. The third-order valence-electron chi connectivity index (χ3n) is 5.35. The molecule has 0 fully saturated rings. The molecule has 0 spiro atoms. The van der Waals surface area contributed by atoms with Gasteiger partial charge >= 0.3 is 0 Å². The standard InChI is InChI=1S/C25H24ClN5O2/c1-16-6-7-20(13-22(16)26)31-18(3)21(17(2)30-31)14-24(32)29-25-23(5-4-10-28-25)33-15-19-8-11-27-12-9-19/h4-13H,14-15H2,1-3H3,(H,28,29,32). The van der Waals surface area contributed by atoms with Crippen LogP contribution in [0.4, 0.5) is 5.82 Å². The SMILES string of the molecule is Cc1ccc(-n2nc(C)c(CC(=O)Nc3ncccc3OCc3ccncc3)c2C)cc1Cl. The molecule has 33 heavy (non-hydrogen) atoms. The number of hydrogen-bond acceptors (Lipinski definition) is 5. The predicted octanol–water partition coefficient (Wildman–Crippen LogP) is 5.00. The third-order valence-corrected chi connectivity index (χ3v) is 5.76. The van der Waals surface area contributed by atoms with Gasteiger partial charge < -0.3 is 10.1 Å². The molecule has 0 bridgehead atoms. The lowest BCUT2D eigenvalue weighted by atomic mass is 10.1. The fourth-order valence-electron chi connectivity index (χ4n) is 3.47. The van der Waals surface area contributed by atoms with Crippen molar-refractivity contribution in [1.82, 2.24) is 19.7 Å². The number of carbonyl (C=O) groups excluding carboxylic acids is 1. The van der Waals surface area contributed by atoms with Gasteiger partial charge in [-0.2, -0.15) is 5.10 Å². The highest BCUT2D eigenvalue weighted by molar-refractivity contribution is 6.31. The lowest BCUT2D eigenvalue weighted by molar-refractivity contribution is -0.115. The lowest BCUT2D eigenvalue weighted by Gasteiger charge is -2.12. The molecule has 4 aromatic rings. The number of rotatable bonds is 7. The third kappa shape index (κ3) is 5.21. The lowest BCUT2D eigenvalue weighted by Crippen LogP contribution is -2.17. The van der Waals surface area contributed by atoms with E-state index in [4.69, 9.17) is 16.3 Å². The highest BCUT2D eigenvalue weighted by Gasteiger charge is 2.18. The first-order valence-electron chi connectivity index (χ1n) is 10.5. The van der Waals surface area contributed by atoms with Gasteiger partial charge in [-0.3, -0.25) is 9.78 Å². The molecule has 0 aliphatic carbocycles. The Morgan fingerprint density at radius 1 is 1.09 bits per heavy atom. The van der Waals surface area contributed by atoms with E-state index >= 15 is 0 Å². The van der Waals surface area contributed by atoms with Gasteiger partial charge in [-0.05, 0) is 68.3 Å². The van der Waals surface area contributed by atoms with Crippen molar-refractivity contribution in [3.8, 4) is 11.4 Å². The van der Waals surface area contributed by atoms with Crippen LogP contribution in [0.3, 0.4) is 0 Å². The van der Waals surface area contributed by atoms with Crippen molar-refractivity contribution in [1.29, 1.82) is 0 Å². The van der Waals surface area contributed by atoms with Crippen LogP contribution >= 0.6 is 11.6 Å². The molecule has 1 amide bonds. The average Bonchev–Trinajstić information content (AvgIpc) is 3.09. The van der Waals surface area contributed by atoms with Crippen LogP contribution in [0.1, 0.15) is 28.1 Å². The number of carbonyl (C=O) groups is 1. The molecule has 3 aromatic heterocycles. The first-order valence-corrected chi connectivity index (χ1v) is 10.9. The van der Waals surface area contributed by atoms with E-state index in [0.717, 1.165) is 33.8 Å². The monoisotopic (exact) mass is 461 g/mol. The van der Waals surface area contributed by atoms with E-state index in [-0.39, 0.29) is 12.3 Å². The Bertz CT molecular complexity index is 1290. The highest BCUT2D eigenvalue weighted by Crippen LogP contribution is 2.25. The Morgan fingerprint density at radius 2 is 1.88 bits per heavy atom. The van der Waals surface area contributed by atoms with Gasteiger partial charge in [0.05, 0.1) is 17.8 Å². The fourth-order valence-corrected chi connectivity index (χ4v) is 3.65. The average molecular weight is 462 g/mol. The first-order chi connectivity index (χ1) is 15.9. The van der Waals surface area contributed by atoms with Gasteiger partial charge in [-0.15, -0.1) is 0 Å². The van der Waals surface area contributed by atoms with E-state index in [2.05, 4.69) is 20.4 Å². The van der Waals surface area contributed by atoms with E-state index in [1.165, 1.54) is 0 Å². The molecule has 4 rings (SSSR count). The number of aryl methyl sites for hydroxylation is 2. The summed E-state index contributed by atoms with van der Waals surface area (Å²) in [6, 6.07) is 13.1. The highest BCUT2D eigenvalue weighted by atomic mass is 35.5. The molecule has 0 saturated heterocycles. The number of nitrogens with one attached hydrogen (secondary N) is 1. The van der Waals surface area contributed by atoms with E-state index in [1.54, 1.807) is 30.7 Å². The van der Waals surface area contributed by atoms with Crippen molar-refractivity contribution >= 4 is 23.3 Å². The second kappa shape index (κ2) is 9.83. The largest absolute Gasteiger partial charge is 0.485 e. The maximum Gasteiger partial charge on any atom is 0.230 e. The second-order valence-corrected chi connectivity index (χ2v) is 8.12. The summed E-state index contributed by atoms with van der Waals surface area (Å²) < 4.78 is 7.68. The van der Waals surface area contributed by atoms with Crippen LogP contribution in [-0.2, 0) is 17.8 Å². The molecule has 0 saturated carbocycles. The van der Waals surface area contributed by atoms with Crippen LogP contribution in [0.25, 0.3) is 5.69 Å². The van der Waals surface area contributed by atoms with Gasteiger partial charge in [0.25, 0.3) is 0 Å². The summed E-state index contributed by atoms with van der Waals surface area (Å²) in [4.78, 5) is 21.2. The number of amides is 1. The van der Waals surface area contributed by atoms with E-state index < -0.39 is 0 Å². The van der Waals surface area contributed by atoms with Crippen LogP contribution in [-0.4, -0.2) is 25.7 Å². The molecule has 1 N–H and O–H groups in total. The summed E-state index contributed by atoms with van der Waals surface area (Å²) in [5.74, 6) is 0.681. The molecule has 0 aliphatic heterocycles. The van der Waals surface area contributed by atoms with Crippen LogP contribution in [0.2, 0.25) is 5.02 Å². The minimum absolute atomic E-state index is 0.164. The van der Waals surface area contributed by atoms with Gasteiger partial charge in [0, 0.05) is 34.9 Å². The summed E-state index contributed by atoms with van der Waals surface area (Å²) in [7, 11) is 0. The number of pyridine rings is 2. The molecule has 168 valence electrons. The van der Waals surface area contributed by atoms with Crippen molar-refractivity contribution in [3.05, 3.63) is 94.2 Å². The van der Waals surface area contributed by atoms with Gasteiger partial charge in [0.1, 0.15) is 6.61 Å². The van der Waals surface area contributed by atoms with Gasteiger partial charge in [0.15, 0.2) is 11.6 Å². The zero-order chi connectivity index (χ0) is 23.4. The van der Waals surface area contributed by atoms with Gasteiger partial charge in [-0.25, -0.2) is 9.67 Å². The molecule has 0 radical (unpaired) electrons. The number of nitrogens with zero attached hydrogens (tertiary/aromatic N) is 4. The maximum atomic E-state index is 12.9. The van der Waals surface area contributed by atoms with Crippen LogP contribution < -0.4 is 10.1 Å². The summed E-state index contributed by atoms with van der Waals surface area (Å²) in [5.41, 5.74) is 5.36. The van der Waals surface area contributed by atoms with E-state index in [0.29, 0.717) is 23.2 Å². The van der Waals surface area contributed by atoms with Crippen molar-refractivity contribution in [2.75, 3.05) is 5.32 Å². The van der Waals surface area contributed by atoms with Crippen LogP contribution in [0.15, 0.2) is 61.1 Å². The van der Waals surface area contributed by atoms with E-state index in [9.17, 15) is 4.79 Å². The summed E-state index contributed by atoms with van der Waals surface area (Å²) in [6.07, 6.45) is 5.20. The Hall–Kier alpha value is -3.71. The summed E-state index contributed by atoms with van der Waals surface area (Å²) in [6.45, 7) is 6.14. The molecule has 7 nitrogen and oxygen atoms in total. The van der Waals surface area contributed by atoms with Gasteiger partial charge in [-0.1, -0.05) is 17.7 Å². The first kappa shape index (κ1) is 22.5. The smallest absolute Gasteiger partial charge is 0.230 e. The molecule has 8 heteroatoms. The number of benzene rings is 1. The van der Waals surface area contributed by atoms with Crippen molar-refractivity contribution in [2.24, 2.45) is 0 Å². The Morgan fingerprint density at radius 3 is 2.64 bits per heavy atom. The zero-order valence-corrected chi connectivity index (χ0v) is 19.4. The number of halogens is 1. The topological polar surface area (TPSA) is 81.9 Å². The van der Waals surface area contributed by atoms with Crippen LogP contribution in [0, 0.1) is 20.8 Å². The molecule has 0 atom stereocenters. The molecule has 0 unspecified atom stereocenters. The Kier molecular flexibility index (Phi) is 6.70. The Labute approximate surface area is 197 Å². The predicted molar refractivity (Wildman–Crippen MR) is 128 cm³/mol. The van der Waals surface area contributed by atoms with Gasteiger partial charge in [0.2, 0.25) is 5.91 Å². The second-order valence-electron chi connectivity index (χ2n) is 7.71. The number of hydrogen-bond donors (Lipinski definition) is 1. The normalized spacial score (nSPS) is 10.8.